The summed E-state index contributed by atoms with van der Waals surface area (Å²) in [5.74, 6) is 0.819. The van der Waals surface area contributed by atoms with Crippen molar-refractivity contribution in [3.05, 3.63) is 60.3 Å². The number of fused-ring (bicyclic) bond motifs is 1. The fourth-order valence-corrected chi connectivity index (χ4v) is 1.89. The molecule has 0 saturated carbocycles. The maximum atomic E-state index is 11.9. The highest BCUT2D eigenvalue weighted by Crippen LogP contribution is 2.12. The van der Waals surface area contributed by atoms with Crippen LogP contribution in [0.4, 0.5) is 4.79 Å². The number of imidazole rings is 1. The highest BCUT2D eigenvalue weighted by atomic mass is 16.6. The first-order chi connectivity index (χ1) is 9.33. The minimum atomic E-state index is -0.366. The van der Waals surface area contributed by atoms with E-state index in [-0.39, 0.29) is 12.7 Å². The molecule has 0 aliphatic carbocycles. The molecule has 1 aliphatic heterocycles. The molecule has 2 aromatic rings. The molecule has 0 atom stereocenters. The van der Waals surface area contributed by atoms with Crippen molar-refractivity contribution in [2.75, 3.05) is 0 Å². The van der Waals surface area contributed by atoms with Crippen molar-refractivity contribution in [3.63, 3.8) is 0 Å². The van der Waals surface area contributed by atoms with Gasteiger partial charge in [-0.1, -0.05) is 30.3 Å². The van der Waals surface area contributed by atoms with Gasteiger partial charge in [-0.25, -0.2) is 9.78 Å². The van der Waals surface area contributed by atoms with Gasteiger partial charge in [0.2, 0.25) is 0 Å². The molecule has 0 N–H and O–H groups in total. The van der Waals surface area contributed by atoms with Crippen molar-refractivity contribution in [3.8, 4) is 0 Å². The predicted molar refractivity (Wildman–Crippen MR) is 69.7 cm³/mol. The van der Waals surface area contributed by atoms with Crippen molar-refractivity contribution in [1.29, 1.82) is 0 Å². The zero-order chi connectivity index (χ0) is 13.1. The van der Waals surface area contributed by atoms with E-state index in [2.05, 4.69) is 4.98 Å². The largest absolute Gasteiger partial charge is 0.444 e. The molecule has 0 fully saturated rings. The Bertz CT molecular complexity index is 604. The number of hydrogen-bond acceptors (Lipinski definition) is 3. The number of nitrogens with zero attached hydrogens (tertiary/aromatic N) is 3. The van der Waals surface area contributed by atoms with Crippen molar-refractivity contribution in [2.45, 2.75) is 13.2 Å². The first-order valence-corrected chi connectivity index (χ1v) is 6.00. The summed E-state index contributed by atoms with van der Waals surface area (Å²) < 4.78 is 7.13. The SMILES string of the molecule is O=C(OCc1ccccc1)N1C=Cn2ccnc2C1. The smallest absolute Gasteiger partial charge is 0.414 e. The Morgan fingerprint density at radius 1 is 1.26 bits per heavy atom. The average Bonchev–Trinajstić information content (AvgIpc) is 2.93. The molecule has 5 nitrogen and oxygen atoms in total. The molecule has 0 bridgehead atoms. The molecule has 0 radical (unpaired) electrons. The number of rotatable bonds is 2. The quantitative estimate of drug-likeness (QED) is 0.828. The summed E-state index contributed by atoms with van der Waals surface area (Å²) in [5, 5.41) is 0. The Kier molecular flexibility index (Phi) is 3.02. The second kappa shape index (κ2) is 4.97. The second-order valence-electron chi connectivity index (χ2n) is 4.22. The first-order valence-electron chi connectivity index (χ1n) is 6.00. The van der Waals surface area contributed by atoms with Gasteiger partial charge < -0.3 is 9.30 Å². The van der Waals surface area contributed by atoms with Gasteiger partial charge in [-0.15, -0.1) is 0 Å². The Hall–Kier alpha value is -2.56. The standard InChI is InChI=1S/C14H13N3O2/c18-14(19-11-12-4-2-1-3-5-12)17-9-8-16-7-6-15-13(16)10-17/h1-9H,10-11H2. The number of amides is 1. The van der Waals surface area contributed by atoms with E-state index in [1.54, 1.807) is 18.6 Å². The van der Waals surface area contributed by atoms with Crippen LogP contribution in [0.3, 0.4) is 0 Å². The van der Waals surface area contributed by atoms with Crippen LogP contribution >= 0.6 is 0 Å². The van der Waals surface area contributed by atoms with Crippen LogP contribution in [0, 0.1) is 0 Å². The molecule has 0 spiro atoms. The van der Waals surface area contributed by atoms with E-state index in [1.807, 2.05) is 41.1 Å². The van der Waals surface area contributed by atoms with E-state index in [0.717, 1.165) is 11.4 Å². The third-order valence-electron chi connectivity index (χ3n) is 2.91. The number of aromatic nitrogens is 2. The molecule has 5 heteroatoms. The number of hydrogen-bond donors (Lipinski definition) is 0. The second-order valence-corrected chi connectivity index (χ2v) is 4.22. The van der Waals surface area contributed by atoms with Gasteiger partial charge in [0.15, 0.2) is 0 Å². The lowest BCUT2D eigenvalue weighted by Crippen LogP contribution is -2.29. The topological polar surface area (TPSA) is 47.4 Å². The third-order valence-corrected chi connectivity index (χ3v) is 2.91. The van der Waals surface area contributed by atoms with Gasteiger partial charge in [0.25, 0.3) is 0 Å². The third kappa shape index (κ3) is 2.49. The predicted octanol–water partition coefficient (Wildman–Crippen LogP) is 2.46. The lowest BCUT2D eigenvalue weighted by molar-refractivity contribution is 0.107. The van der Waals surface area contributed by atoms with Crippen LogP contribution in [-0.2, 0) is 17.9 Å². The number of benzene rings is 1. The van der Waals surface area contributed by atoms with Crippen LogP contribution in [0.15, 0.2) is 48.9 Å². The van der Waals surface area contributed by atoms with Gasteiger partial charge >= 0.3 is 6.09 Å². The average molecular weight is 255 g/mol. The summed E-state index contributed by atoms with van der Waals surface area (Å²) in [7, 11) is 0. The summed E-state index contributed by atoms with van der Waals surface area (Å²) in [6, 6.07) is 9.61. The normalized spacial score (nSPS) is 13.2. The summed E-state index contributed by atoms with van der Waals surface area (Å²) >= 11 is 0. The molecule has 1 aliphatic rings. The van der Waals surface area contributed by atoms with E-state index in [9.17, 15) is 4.79 Å². The minimum absolute atomic E-state index is 0.276. The molecular formula is C14H13N3O2. The zero-order valence-corrected chi connectivity index (χ0v) is 10.3. The van der Waals surface area contributed by atoms with Gasteiger partial charge in [-0.2, -0.15) is 0 Å². The van der Waals surface area contributed by atoms with Crippen LogP contribution in [0.2, 0.25) is 0 Å². The zero-order valence-electron chi connectivity index (χ0n) is 10.3. The van der Waals surface area contributed by atoms with Crippen molar-refractivity contribution >= 4 is 12.3 Å². The van der Waals surface area contributed by atoms with E-state index in [4.69, 9.17) is 4.74 Å². The maximum Gasteiger partial charge on any atom is 0.414 e. The summed E-state index contributed by atoms with van der Waals surface area (Å²) in [4.78, 5) is 17.6. The van der Waals surface area contributed by atoms with E-state index in [1.165, 1.54) is 4.90 Å². The molecular weight excluding hydrogens is 242 g/mol. The van der Waals surface area contributed by atoms with Gasteiger partial charge in [-0.05, 0) is 5.56 Å². The first kappa shape index (κ1) is 11.5. The Balaban J connectivity index is 1.60. The monoisotopic (exact) mass is 255 g/mol. The lowest BCUT2D eigenvalue weighted by atomic mass is 10.2. The van der Waals surface area contributed by atoms with E-state index >= 15 is 0 Å². The highest BCUT2D eigenvalue weighted by molar-refractivity contribution is 5.70. The molecule has 19 heavy (non-hydrogen) atoms. The van der Waals surface area contributed by atoms with Gasteiger partial charge in [0.1, 0.15) is 12.4 Å². The summed E-state index contributed by atoms with van der Waals surface area (Å²) in [6.45, 7) is 0.704. The van der Waals surface area contributed by atoms with E-state index in [0.29, 0.717) is 6.54 Å². The fourth-order valence-electron chi connectivity index (χ4n) is 1.89. The molecule has 96 valence electrons. The van der Waals surface area contributed by atoms with Crippen LogP contribution in [0.1, 0.15) is 11.4 Å². The number of carbonyl (C=O) groups is 1. The van der Waals surface area contributed by atoms with E-state index < -0.39 is 0 Å². The molecule has 3 rings (SSSR count). The van der Waals surface area contributed by atoms with Crippen LogP contribution < -0.4 is 0 Å². The summed E-state index contributed by atoms with van der Waals surface area (Å²) in [5.41, 5.74) is 0.971. The number of ether oxygens (including phenoxy) is 1. The molecule has 2 heterocycles. The van der Waals surface area contributed by atoms with Crippen LogP contribution in [0.25, 0.3) is 6.20 Å². The minimum Gasteiger partial charge on any atom is -0.444 e. The molecule has 1 aromatic heterocycles. The Morgan fingerprint density at radius 2 is 2.11 bits per heavy atom. The molecule has 1 aromatic carbocycles. The van der Waals surface area contributed by atoms with Crippen molar-refractivity contribution in [2.24, 2.45) is 0 Å². The van der Waals surface area contributed by atoms with Crippen LogP contribution in [-0.4, -0.2) is 20.5 Å². The van der Waals surface area contributed by atoms with Crippen LogP contribution in [0.5, 0.6) is 0 Å². The maximum absolute atomic E-state index is 11.9. The van der Waals surface area contributed by atoms with Gasteiger partial charge in [-0.3, -0.25) is 4.90 Å². The lowest BCUT2D eigenvalue weighted by Gasteiger charge is -2.21. The summed E-state index contributed by atoms with van der Waals surface area (Å²) in [6.07, 6.45) is 6.67. The molecule has 0 unspecified atom stereocenters. The van der Waals surface area contributed by atoms with Gasteiger partial charge in [0, 0.05) is 24.8 Å². The number of carbonyl (C=O) groups excluding carboxylic acids is 1. The molecule has 0 saturated heterocycles. The van der Waals surface area contributed by atoms with Crippen molar-refractivity contribution < 1.29 is 9.53 Å². The fraction of sp³-hybridized carbons (Fsp3) is 0.143. The highest BCUT2D eigenvalue weighted by Gasteiger charge is 2.18. The Morgan fingerprint density at radius 3 is 2.95 bits per heavy atom. The van der Waals surface area contributed by atoms with Crippen molar-refractivity contribution in [1.82, 2.24) is 14.5 Å². The molecule has 1 amide bonds. The van der Waals surface area contributed by atoms with Gasteiger partial charge in [0.05, 0.1) is 6.54 Å². The Labute approximate surface area is 110 Å².